The third kappa shape index (κ3) is 2.00. The van der Waals surface area contributed by atoms with E-state index in [1.54, 1.807) is 14.2 Å². The minimum absolute atomic E-state index is 0.367. The maximum absolute atomic E-state index is 5.50. The van der Waals surface area contributed by atoms with Gasteiger partial charge in [-0.25, -0.2) is 0 Å². The molecule has 0 fully saturated rings. The first-order chi connectivity index (χ1) is 8.22. The van der Waals surface area contributed by atoms with Gasteiger partial charge in [0.15, 0.2) is 0 Å². The van der Waals surface area contributed by atoms with Gasteiger partial charge in [0.25, 0.3) is 0 Å². The first-order valence-corrected chi connectivity index (χ1v) is 6.15. The summed E-state index contributed by atoms with van der Waals surface area (Å²) in [5.41, 5.74) is 2.57. The number of fused-ring (bicyclic) bond motifs is 1. The van der Waals surface area contributed by atoms with Crippen LogP contribution in [0, 0.1) is 0 Å². The highest BCUT2D eigenvalue weighted by Crippen LogP contribution is 2.46. The molecule has 3 nitrogen and oxygen atoms in total. The number of methoxy groups -OCH3 is 2. The zero-order valence-corrected chi connectivity index (χ0v) is 11.0. The normalized spacial score (nSPS) is 23.1. The maximum atomic E-state index is 5.50. The summed E-state index contributed by atoms with van der Waals surface area (Å²) in [6.07, 6.45) is 2.33. The van der Waals surface area contributed by atoms with Crippen molar-refractivity contribution in [1.82, 2.24) is 5.32 Å². The molecule has 2 unspecified atom stereocenters. The molecule has 0 aliphatic heterocycles. The Hall–Kier alpha value is -1.22. The lowest BCUT2D eigenvalue weighted by molar-refractivity contribution is 0.363. The van der Waals surface area contributed by atoms with Crippen molar-refractivity contribution in [3.05, 3.63) is 23.3 Å². The van der Waals surface area contributed by atoms with Crippen LogP contribution in [0.3, 0.4) is 0 Å². The number of ether oxygens (including phenoxy) is 2. The molecule has 1 aliphatic carbocycles. The van der Waals surface area contributed by atoms with Gasteiger partial charge in [-0.1, -0.05) is 6.92 Å². The molecule has 17 heavy (non-hydrogen) atoms. The number of hydrogen-bond donors (Lipinski definition) is 1. The van der Waals surface area contributed by atoms with E-state index in [1.807, 2.05) is 19.2 Å². The molecule has 1 aromatic carbocycles. The number of benzene rings is 1. The van der Waals surface area contributed by atoms with E-state index in [1.165, 1.54) is 17.5 Å². The molecule has 2 atom stereocenters. The van der Waals surface area contributed by atoms with Gasteiger partial charge in [0.1, 0.15) is 11.5 Å². The van der Waals surface area contributed by atoms with Crippen LogP contribution in [0.1, 0.15) is 42.9 Å². The minimum atomic E-state index is 0.367. The number of hydrogen-bond acceptors (Lipinski definition) is 3. The second-order valence-electron chi connectivity index (χ2n) is 4.62. The Balaban J connectivity index is 2.61. The van der Waals surface area contributed by atoms with Gasteiger partial charge in [-0.15, -0.1) is 0 Å². The molecule has 0 spiro atoms. The molecule has 0 saturated heterocycles. The van der Waals surface area contributed by atoms with Crippen molar-refractivity contribution in [3.63, 3.8) is 0 Å². The van der Waals surface area contributed by atoms with E-state index in [2.05, 4.69) is 12.2 Å². The molecule has 0 aromatic heterocycles. The van der Waals surface area contributed by atoms with Gasteiger partial charge in [0.2, 0.25) is 0 Å². The Morgan fingerprint density at radius 2 is 1.65 bits per heavy atom. The van der Waals surface area contributed by atoms with E-state index in [0.29, 0.717) is 12.0 Å². The second-order valence-corrected chi connectivity index (χ2v) is 4.62. The molecular weight excluding hydrogens is 214 g/mol. The van der Waals surface area contributed by atoms with Gasteiger partial charge in [0.05, 0.1) is 14.2 Å². The van der Waals surface area contributed by atoms with Crippen LogP contribution in [0.4, 0.5) is 0 Å². The van der Waals surface area contributed by atoms with Crippen LogP contribution >= 0.6 is 0 Å². The van der Waals surface area contributed by atoms with Crippen LogP contribution in [-0.2, 0) is 0 Å². The predicted molar refractivity (Wildman–Crippen MR) is 69.0 cm³/mol. The van der Waals surface area contributed by atoms with Gasteiger partial charge < -0.3 is 14.8 Å². The Bertz CT molecular complexity index is 403. The summed E-state index contributed by atoms with van der Waals surface area (Å²) in [6, 6.07) is 4.37. The van der Waals surface area contributed by atoms with Gasteiger partial charge in [-0.2, -0.15) is 0 Å². The molecule has 0 heterocycles. The Morgan fingerprint density at radius 3 is 2.18 bits per heavy atom. The molecule has 0 radical (unpaired) electrons. The van der Waals surface area contributed by atoms with Crippen molar-refractivity contribution in [2.24, 2.45) is 0 Å². The third-order valence-electron chi connectivity index (χ3n) is 3.73. The highest BCUT2D eigenvalue weighted by atomic mass is 16.5. The summed E-state index contributed by atoms with van der Waals surface area (Å²) in [4.78, 5) is 0. The maximum Gasteiger partial charge on any atom is 0.124 e. The zero-order valence-electron chi connectivity index (χ0n) is 11.0. The molecule has 1 aromatic rings. The molecule has 0 saturated carbocycles. The van der Waals surface area contributed by atoms with E-state index in [0.717, 1.165) is 17.9 Å². The van der Waals surface area contributed by atoms with E-state index in [9.17, 15) is 0 Å². The van der Waals surface area contributed by atoms with Crippen LogP contribution in [0.15, 0.2) is 12.1 Å². The van der Waals surface area contributed by atoms with Crippen molar-refractivity contribution in [1.29, 1.82) is 0 Å². The molecule has 0 amide bonds. The first kappa shape index (κ1) is 12.2. The van der Waals surface area contributed by atoms with Crippen LogP contribution in [0.25, 0.3) is 0 Å². The fraction of sp³-hybridized carbons (Fsp3) is 0.571. The average Bonchev–Trinajstić information content (AvgIpc) is 2.38. The fourth-order valence-corrected chi connectivity index (χ4v) is 2.81. The standard InChI is InChI=1S/C14H21NO2/c1-9-5-6-10(15-2)14-12(17-4)8-7-11(16-3)13(9)14/h7-10,15H,5-6H2,1-4H3. The van der Waals surface area contributed by atoms with Crippen LogP contribution in [0.2, 0.25) is 0 Å². The summed E-state index contributed by atoms with van der Waals surface area (Å²) in [6.45, 7) is 2.26. The molecular formula is C14H21NO2. The zero-order chi connectivity index (χ0) is 12.4. The second kappa shape index (κ2) is 4.96. The monoisotopic (exact) mass is 235 g/mol. The van der Waals surface area contributed by atoms with E-state index >= 15 is 0 Å². The molecule has 3 heteroatoms. The van der Waals surface area contributed by atoms with Gasteiger partial charge >= 0.3 is 0 Å². The minimum Gasteiger partial charge on any atom is -0.496 e. The van der Waals surface area contributed by atoms with Crippen LogP contribution in [0.5, 0.6) is 11.5 Å². The lowest BCUT2D eigenvalue weighted by atomic mass is 9.80. The van der Waals surface area contributed by atoms with Crippen molar-refractivity contribution in [3.8, 4) is 11.5 Å². The quantitative estimate of drug-likeness (QED) is 0.874. The number of nitrogens with one attached hydrogen (secondary N) is 1. The van der Waals surface area contributed by atoms with E-state index < -0.39 is 0 Å². The summed E-state index contributed by atoms with van der Waals surface area (Å²) in [5.74, 6) is 2.47. The Labute approximate surface area is 103 Å². The fourth-order valence-electron chi connectivity index (χ4n) is 2.81. The van der Waals surface area contributed by atoms with Crippen LogP contribution in [-0.4, -0.2) is 21.3 Å². The molecule has 2 rings (SSSR count). The average molecular weight is 235 g/mol. The van der Waals surface area contributed by atoms with Crippen molar-refractivity contribution >= 4 is 0 Å². The molecule has 1 aliphatic rings. The highest BCUT2D eigenvalue weighted by Gasteiger charge is 2.29. The topological polar surface area (TPSA) is 30.5 Å². The van der Waals surface area contributed by atoms with Crippen molar-refractivity contribution < 1.29 is 9.47 Å². The van der Waals surface area contributed by atoms with E-state index in [-0.39, 0.29) is 0 Å². The van der Waals surface area contributed by atoms with Crippen molar-refractivity contribution in [2.45, 2.75) is 31.7 Å². The van der Waals surface area contributed by atoms with Gasteiger partial charge in [-0.05, 0) is 37.9 Å². The SMILES string of the molecule is CNC1CCC(C)c2c(OC)ccc(OC)c21. The predicted octanol–water partition coefficient (Wildman–Crippen LogP) is 2.86. The highest BCUT2D eigenvalue weighted by molar-refractivity contribution is 5.53. The Morgan fingerprint density at radius 1 is 1.06 bits per heavy atom. The lowest BCUT2D eigenvalue weighted by Crippen LogP contribution is -2.24. The van der Waals surface area contributed by atoms with Crippen LogP contribution < -0.4 is 14.8 Å². The summed E-state index contributed by atoms with van der Waals surface area (Å²) in [5, 5.41) is 3.37. The third-order valence-corrected chi connectivity index (χ3v) is 3.73. The molecule has 94 valence electrons. The summed E-state index contributed by atoms with van der Waals surface area (Å²) in [7, 11) is 5.47. The Kier molecular flexibility index (Phi) is 3.57. The van der Waals surface area contributed by atoms with Gasteiger partial charge in [0, 0.05) is 17.2 Å². The molecule has 0 bridgehead atoms. The summed E-state index contributed by atoms with van der Waals surface area (Å²) < 4.78 is 11.0. The summed E-state index contributed by atoms with van der Waals surface area (Å²) >= 11 is 0. The first-order valence-electron chi connectivity index (χ1n) is 6.15. The van der Waals surface area contributed by atoms with E-state index in [4.69, 9.17) is 9.47 Å². The lowest BCUT2D eigenvalue weighted by Gasteiger charge is -2.32. The smallest absolute Gasteiger partial charge is 0.124 e. The largest absolute Gasteiger partial charge is 0.496 e. The molecule has 1 N–H and O–H groups in total. The van der Waals surface area contributed by atoms with Crippen molar-refractivity contribution in [2.75, 3.05) is 21.3 Å². The number of rotatable bonds is 3. The van der Waals surface area contributed by atoms with Gasteiger partial charge in [-0.3, -0.25) is 0 Å².